The predicted molar refractivity (Wildman–Crippen MR) is 113 cm³/mol. The average molecular weight is 418 g/mol. The molecule has 0 bridgehead atoms. The van der Waals surface area contributed by atoms with Crippen LogP contribution in [0.25, 0.3) is 22.3 Å². The van der Waals surface area contributed by atoms with Gasteiger partial charge in [0.2, 0.25) is 0 Å². The number of halogens is 3. The second-order valence-electron chi connectivity index (χ2n) is 7.05. The van der Waals surface area contributed by atoms with Crippen LogP contribution in [0, 0.1) is 24.4 Å². The number of carbonyl (C=O) groups is 1. The molecule has 0 saturated heterocycles. The van der Waals surface area contributed by atoms with Crippen LogP contribution in [0.5, 0.6) is 5.75 Å². The summed E-state index contributed by atoms with van der Waals surface area (Å²) in [5, 5.41) is 0. The lowest BCUT2D eigenvalue weighted by Crippen LogP contribution is -2.12. The van der Waals surface area contributed by atoms with E-state index < -0.39 is 23.2 Å². The van der Waals surface area contributed by atoms with E-state index in [-0.39, 0.29) is 17.1 Å². The van der Waals surface area contributed by atoms with E-state index in [0.717, 1.165) is 5.56 Å². The Labute approximate surface area is 177 Å². The van der Waals surface area contributed by atoms with E-state index in [2.05, 4.69) is 0 Å². The van der Waals surface area contributed by atoms with Gasteiger partial charge in [-0.2, -0.15) is 0 Å². The normalized spacial score (nSPS) is 10.7. The molecular formula is C26H17F3O2. The van der Waals surface area contributed by atoms with Crippen LogP contribution in [-0.4, -0.2) is 5.97 Å². The van der Waals surface area contributed by atoms with Crippen LogP contribution in [0.3, 0.4) is 0 Å². The molecule has 0 amide bonds. The molecule has 31 heavy (non-hydrogen) atoms. The summed E-state index contributed by atoms with van der Waals surface area (Å²) in [5.41, 5.74) is 1.86. The minimum Gasteiger partial charge on any atom is -0.423 e. The Morgan fingerprint density at radius 3 is 2.03 bits per heavy atom. The van der Waals surface area contributed by atoms with Gasteiger partial charge in [0.25, 0.3) is 0 Å². The fraction of sp³-hybridized carbons (Fsp3) is 0.0385. The van der Waals surface area contributed by atoms with Crippen LogP contribution in [0.2, 0.25) is 0 Å². The van der Waals surface area contributed by atoms with Crippen LogP contribution in [0.4, 0.5) is 13.2 Å². The molecule has 5 heteroatoms. The largest absolute Gasteiger partial charge is 0.423 e. The Morgan fingerprint density at radius 1 is 0.710 bits per heavy atom. The lowest BCUT2D eigenvalue weighted by atomic mass is 10.0. The number of benzene rings is 4. The number of hydrogen-bond donors (Lipinski definition) is 0. The predicted octanol–water partition coefficient (Wildman–Crippen LogP) is 6.97. The van der Waals surface area contributed by atoms with Crippen molar-refractivity contribution in [2.45, 2.75) is 6.92 Å². The number of hydrogen-bond acceptors (Lipinski definition) is 2. The van der Waals surface area contributed by atoms with Gasteiger partial charge >= 0.3 is 5.97 Å². The Balaban J connectivity index is 1.55. The highest BCUT2D eigenvalue weighted by Gasteiger charge is 2.21. The molecule has 0 unspecified atom stereocenters. The maximum Gasteiger partial charge on any atom is 0.346 e. The Bertz CT molecular complexity index is 1250. The van der Waals surface area contributed by atoms with Gasteiger partial charge in [-0.1, -0.05) is 60.7 Å². The van der Waals surface area contributed by atoms with Gasteiger partial charge in [0, 0.05) is 11.1 Å². The van der Waals surface area contributed by atoms with Gasteiger partial charge in [0.05, 0.1) is 5.56 Å². The van der Waals surface area contributed by atoms with Crippen molar-refractivity contribution in [1.82, 2.24) is 0 Å². The monoisotopic (exact) mass is 418 g/mol. The number of aryl methyl sites for hydroxylation is 1. The van der Waals surface area contributed by atoms with Crippen LogP contribution in [0.15, 0.2) is 84.9 Å². The van der Waals surface area contributed by atoms with E-state index in [1.54, 1.807) is 61.5 Å². The fourth-order valence-electron chi connectivity index (χ4n) is 3.27. The van der Waals surface area contributed by atoms with Crippen LogP contribution >= 0.6 is 0 Å². The summed E-state index contributed by atoms with van der Waals surface area (Å²) < 4.78 is 48.4. The van der Waals surface area contributed by atoms with Gasteiger partial charge in [0.15, 0.2) is 11.6 Å². The Hall–Kier alpha value is -3.86. The van der Waals surface area contributed by atoms with Gasteiger partial charge in [-0.05, 0) is 47.9 Å². The molecule has 0 N–H and O–H groups in total. The van der Waals surface area contributed by atoms with Crippen molar-refractivity contribution in [3.63, 3.8) is 0 Å². The smallest absolute Gasteiger partial charge is 0.346 e. The van der Waals surface area contributed by atoms with Crippen LogP contribution in [0.1, 0.15) is 15.9 Å². The molecule has 0 atom stereocenters. The molecule has 4 rings (SSSR count). The molecule has 0 radical (unpaired) electrons. The summed E-state index contributed by atoms with van der Waals surface area (Å²) >= 11 is 0. The van der Waals surface area contributed by atoms with Crippen molar-refractivity contribution in [3.8, 4) is 28.0 Å². The molecule has 0 saturated carbocycles. The highest BCUT2D eigenvalue weighted by molar-refractivity contribution is 5.92. The first-order valence-corrected chi connectivity index (χ1v) is 9.56. The summed E-state index contributed by atoms with van der Waals surface area (Å²) in [6, 6.07) is 22.0. The SMILES string of the molecule is Cc1ccc(-c2ccc(OC(=O)c3ccc(-c4ccccc4)c(F)c3F)cc2)c(F)c1. The van der Waals surface area contributed by atoms with Gasteiger partial charge in [-0.3, -0.25) is 0 Å². The van der Waals surface area contributed by atoms with Gasteiger partial charge < -0.3 is 4.74 Å². The summed E-state index contributed by atoms with van der Waals surface area (Å²) in [4.78, 5) is 12.4. The molecule has 154 valence electrons. The Morgan fingerprint density at radius 2 is 1.35 bits per heavy atom. The summed E-state index contributed by atoms with van der Waals surface area (Å²) in [6.45, 7) is 1.80. The first-order valence-electron chi connectivity index (χ1n) is 9.56. The van der Waals surface area contributed by atoms with Crippen LogP contribution in [-0.2, 0) is 0 Å². The second-order valence-corrected chi connectivity index (χ2v) is 7.05. The molecule has 0 aliphatic rings. The molecule has 0 aromatic heterocycles. The zero-order valence-corrected chi connectivity index (χ0v) is 16.5. The van der Waals surface area contributed by atoms with Crippen molar-refractivity contribution in [2.24, 2.45) is 0 Å². The maximum atomic E-state index is 14.5. The molecule has 0 heterocycles. The zero-order valence-electron chi connectivity index (χ0n) is 16.5. The first kappa shape index (κ1) is 20.4. The lowest BCUT2D eigenvalue weighted by Gasteiger charge is -2.10. The Kier molecular flexibility index (Phi) is 5.58. The van der Waals surface area contributed by atoms with Crippen molar-refractivity contribution < 1.29 is 22.7 Å². The highest BCUT2D eigenvalue weighted by atomic mass is 19.2. The summed E-state index contributed by atoms with van der Waals surface area (Å²) in [5.74, 6) is -3.64. The first-order chi connectivity index (χ1) is 14.9. The van der Waals surface area contributed by atoms with Gasteiger partial charge in [-0.25, -0.2) is 18.0 Å². The van der Waals surface area contributed by atoms with Crippen molar-refractivity contribution in [2.75, 3.05) is 0 Å². The zero-order chi connectivity index (χ0) is 22.0. The maximum absolute atomic E-state index is 14.5. The van der Waals surface area contributed by atoms with E-state index >= 15 is 0 Å². The molecule has 0 spiro atoms. The van der Waals surface area contributed by atoms with E-state index in [1.807, 2.05) is 0 Å². The third-order valence-corrected chi connectivity index (χ3v) is 4.89. The third kappa shape index (κ3) is 4.21. The van der Waals surface area contributed by atoms with E-state index in [9.17, 15) is 18.0 Å². The quantitative estimate of drug-likeness (QED) is 0.264. The third-order valence-electron chi connectivity index (χ3n) is 4.89. The topological polar surface area (TPSA) is 26.3 Å². The molecule has 4 aromatic carbocycles. The molecule has 2 nitrogen and oxygen atoms in total. The molecule has 0 aliphatic carbocycles. The molecule has 0 fully saturated rings. The summed E-state index contributed by atoms with van der Waals surface area (Å²) in [6.07, 6.45) is 0. The fourth-order valence-corrected chi connectivity index (χ4v) is 3.27. The molecule has 4 aromatic rings. The minimum atomic E-state index is -1.27. The minimum absolute atomic E-state index is 0.0547. The van der Waals surface area contributed by atoms with E-state index in [4.69, 9.17) is 4.74 Å². The van der Waals surface area contributed by atoms with Crippen molar-refractivity contribution in [1.29, 1.82) is 0 Å². The number of esters is 1. The summed E-state index contributed by atoms with van der Waals surface area (Å²) in [7, 11) is 0. The second kappa shape index (κ2) is 8.48. The average Bonchev–Trinajstić information content (AvgIpc) is 2.77. The standard InChI is InChI=1S/C26H17F3O2/c1-16-7-12-20(23(27)15-16)18-8-10-19(11-9-18)31-26(30)22-14-13-21(24(28)25(22)29)17-5-3-2-4-6-17/h2-15H,1H3. The van der Waals surface area contributed by atoms with E-state index in [1.165, 1.54) is 30.3 Å². The van der Waals surface area contributed by atoms with Gasteiger partial charge in [0.1, 0.15) is 11.6 Å². The number of ether oxygens (including phenoxy) is 1. The number of carbonyl (C=O) groups excluding carboxylic acids is 1. The molecular weight excluding hydrogens is 401 g/mol. The number of rotatable bonds is 4. The lowest BCUT2D eigenvalue weighted by molar-refractivity contribution is 0.0729. The van der Waals surface area contributed by atoms with Crippen LogP contribution < -0.4 is 4.74 Å². The van der Waals surface area contributed by atoms with Crippen molar-refractivity contribution in [3.05, 3.63) is 114 Å². The van der Waals surface area contributed by atoms with E-state index in [0.29, 0.717) is 16.7 Å². The van der Waals surface area contributed by atoms with Gasteiger partial charge in [-0.15, -0.1) is 0 Å². The highest BCUT2D eigenvalue weighted by Crippen LogP contribution is 2.28. The van der Waals surface area contributed by atoms with Crippen molar-refractivity contribution >= 4 is 5.97 Å². The molecule has 0 aliphatic heterocycles.